The van der Waals surface area contributed by atoms with E-state index in [1.807, 2.05) is 19.9 Å². The van der Waals surface area contributed by atoms with Crippen LogP contribution in [0.5, 0.6) is 0 Å². The van der Waals surface area contributed by atoms with Crippen molar-refractivity contribution in [3.8, 4) is 6.07 Å². The van der Waals surface area contributed by atoms with E-state index in [4.69, 9.17) is 10.4 Å². The average Bonchev–Trinajstić information content (AvgIpc) is 2.27. The van der Waals surface area contributed by atoms with Gasteiger partial charge >= 0.3 is 5.97 Å². The predicted octanol–water partition coefficient (Wildman–Crippen LogP) is 1.86. The summed E-state index contributed by atoms with van der Waals surface area (Å²) in [6.07, 6.45) is 1.57. The lowest BCUT2D eigenvalue weighted by molar-refractivity contribution is -0.137. The Bertz CT molecular complexity index is 438. The molecule has 17 heavy (non-hydrogen) atoms. The van der Waals surface area contributed by atoms with Gasteiger partial charge in [-0.3, -0.25) is 4.79 Å². The maximum Gasteiger partial charge on any atom is 0.305 e. The number of nitrogens with zero attached hydrogens (tertiary/aromatic N) is 2. The Morgan fingerprint density at radius 3 is 2.88 bits per heavy atom. The van der Waals surface area contributed by atoms with Crippen LogP contribution in [-0.2, 0) is 4.79 Å². The molecule has 0 saturated carbocycles. The Kier molecular flexibility index (Phi) is 4.46. The van der Waals surface area contributed by atoms with Gasteiger partial charge in [-0.05, 0) is 18.1 Å². The number of carbonyl (C=O) groups is 1. The molecule has 1 unspecified atom stereocenters. The van der Waals surface area contributed by atoms with E-state index in [9.17, 15) is 4.79 Å². The van der Waals surface area contributed by atoms with E-state index in [0.717, 1.165) is 5.69 Å². The summed E-state index contributed by atoms with van der Waals surface area (Å²) in [4.78, 5) is 14.6. The zero-order valence-electron chi connectivity index (χ0n) is 9.84. The third-order valence-corrected chi connectivity index (χ3v) is 2.43. The number of hydrogen-bond acceptors (Lipinski definition) is 4. The van der Waals surface area contributed by atoms with Crippen LogP contribution in [0.4, 0.5) is 5.69 Å². The molecule has 0 radical (unpaired) electrons. The maximum absolute atomic E-state index is 10.7. The normalized spacial score (nSPS) is 11.9. The van der Waals surface area contributed by atoms with Crippen molar-refractivity contribution in [2.45, 2.75) is 26.3 Å². The first-order valence-corrected chi connectivity index (χ1v) is 5.37. The first-order chi connectivity index (χ1) is 8.02. The second-order valence-electron chi connectivity index (χ2n) is 4.13. The second kappa shape index (κ2) is 5.85. The Balaban J connectivity index is 2.79. The van der Waals surface area contributed by atoms with Crippen molar-refractivity contribution in [3.05, 3.63) is 24.0 Å². The standard InChI is InChI=1S/C12H15N3O2/c1-8(2)11(6-12(16)17)15-9-3-4-14-10(5-9)7-13/h3-5,8,11H,6H2,1-2H3,(H,14,15)(H,16,17). The number of rotatable bonds is 5. The number of carboxylic acid groups (broad SMARTS) is 1. The predicted molar refractivity (Wildman–Crippen MR) is 63.5 cm³/mol. The van der Waals surface area contributed by atoms with E-state index in [-0.39, 0.29) is 18.4 Å². The summed E-state index contributed by atoms with van der Waals surface area (Å²) >= 11 is 0. The fraction of sp³-hybridized carbons (Fsp3) is 0.417. The van der Waals surface area contributed by atoms with Crippen molar-refractivity contribution in [1.82, 2.24) is 4.98 Å². The minimum absolute atomic E-state index is 0.0435. The lowest BCUT2D eigenvalue weighted by atomic mass is 10.0. The zero-order valence-corrected chi connectivity index (χ0v) is 9.84. The van der Waals surface area contributed by atoms with E-state index in [0.29, 0.717) is 5.69 Å². The van der Waals surface area contributed by atoms with Gasteiger partial charge in [0, 0.05) is 17.9 Å². The van der Waals surface area contributed by atoms with Crippen molar-refractivity contribution < 1.29 is 9.90 Å². The number of aliphatic carboxylic acids is 1. The number of aromatic nitrogens is 1. The molecule has 2 N–H and O–H groups in total. The molecule has 1 heterocycles. The highest BCUT2D eigenvalue weighted by Crippen LogP contribution is 2.15. The summed E-state index contributed by atoms with van der Waals surface area (Å²) in [7, 11) is 0. The fourth-order valence-electron chi connectivity index (χ4n) is 1.44. The number of pyridine rings is 1. The van der Waals surface area contributed by atoms with Crippen molar-refractivity contribution in [3.63, 3.8) is 0 Å². The number of anilines is 1. The molecule has 1 atom stereocenters. The second-order valence-corrected chi connectivity index (χ2v) is 4.13. The monoisotopic (exact) mass is 233 g/mol. The molecule has 0 fully saturated rings. The molecule has 0 aromatic carbocycles. The van der Waals surface area contributed by atoms with Crippen LogP contribution in [0.1, 0.15) is 26.0 Å². The SMILES string of the molecule is CC(C)C(CC(=O)O)Nc1ccnc(C#N)c1. The highest BCUT2D eigenvalue weighted by atomic mass is 16.4. The topological polar surface area (TPSA) is 86.0 Å². The van der Waals surface area contributed by atoms with E-state index in [2.05, 4.69) is 10.3 Å². The molecule has 0 amide bonds. The van der Waals surface area contributed by atoms with Gasteiger partial charge in [0.25, 0.3) is 0 Å². The smallest absolute Gasteiger partial charge is 0.305 e. The highest BCUT2D eigenvalue weighted by molar-refractivity contribution is 5.68. The number of nitrogens with one attached hydrogen (secondary N) is 1. The summed E-state index contributed by atoms with van der Waals surface area (Å²) in [5.41, 5.74) is 1.03. The van der Waals surface area contributed by atoms with E-state index in [1.165, 1.54) is 6.20 Å². The Hall–Kier alpha value is -2.09. The maximum atomic E-state index is 10.7. The average molecular weight is 233 g/mol. The van der Waals surface area contributed by atoms with Crippen LogP contribution in [0.3, 0.4) is 0 Å². The van der Waals surface area contributed by atoms with Gasteiger partial charge in [0.2, 0.25) is 0 Å². The Morgan fingerprint density at radius 1 is 1.65 bits per heavy atom. The number of hydrogen-bond donors (Lipinski definition) is 2. The first kappa shape index (κ1) is 13.0. The molecule has 0 bridgehead atoms. The largest absolute Gasteiger partial charge is 0.481 e. The summed E-state index contributed by atoms with van der Waals surface area (Å²) < 4.78 is 0. The van der Waals surface area contributed by atoms with Gasteiger partial charge in [0.05, 0.1) is 6.42 Å². The molecule has 0 aliphatic carbocycles. The van der Waals surface area contributed by atoms with Gasteiger partial charge in [-0.25, -0.2) is 4.98 Å². The molecule has 0 aliphatic rings. The summed E-state index contributed by atoms with van der Waals surface area (Å²) in [6.45, 7) is 3.90. The van der Waals surface area contributed by atoms with Crippen molar-refractivity contribution in [2.75, 3.05) is 5.32 Å². The van der Waals surface area contributed by atoms with E-state index in [1.54, 1.807) is 12.1 Å². The van der Waals surface area contributed by atoms with Gasteiger partial charge in [0.1, 0.15) is 11.8 Å². The summed E-state index contributed by atoms with van der Waals surface area (Å²) in [6, 6.07) is 5.11. The van der Waals surface area contributed by atoms with Gasteiger partial charge in [0.15, 0.2) is 0 Å². The Morgan fingerprint density at radius 2 is 2.35 bits per heavy atom. The van der Waals surface area contributed by atoms with Crippen molar-refractivity contribution >= 4 is 11.7 Å². The molecule has 0 spiro atoms. The van der Waals surface area contributed by atoms with Crippen molar-refractivity contribution in [2.24, 2.45) is 5.92 Å². The molecule has 1 aromatic heterocycles. The Labute approximate surface area is 100 Å². The molecule has 0 saturated heterocycles. The van der Waals surface area contributed by atoms with Gasteiger partial charge in [-0.1, -0.05) is 13.8 Å². The van der Waals surface area contributed by atoms with Gasteiger partial charge in [-0.15, -0.1) is 0 Å². The minimum Gasteiger partial charge on any atom is -0.481 e. The van der Waals surface area contributed by atoms with Crippen LogP contribution < -0.4 is 5.32 Å². The lowest BCUT2D eigenvalue weighted by Gasteiger charge is -2.21. The van der Waals surface area contributed by atoms with Crippen LogP contribution in [0.2, 0.25) is 0 Å². The number of nitriles is 1. The third-order valence-electron chi connectivity index (χ3n) is 2.43. The van der Waals surface area contributed by atoms with Crippen molar-refractivity contribution in [1.29, 1.82) is 5.26 Å². The van der Waals surface area contributed by atoms with Crippen LogP contribution in [-0.4, -0.2) is 22.1 Å². The van der Waals surface area contributed by atoms with E-state index < -0.39 is 5.97 Å². The summed E-state index contributed by atoms with van der Waals surface area (Å²) in [5.74, 6) is -0.657. The zero-order chi connectivity index (χ0) is 12.8. The van der Waals surface area contributed by atoms with Crippen LogP contribution >= 0.6 is 0 Å². The quantitative estimate of drug-likeness (QED) is 0.810. The molecular formula is C12H15N3O2. The lowest BCUT2D eigenvalue weighted by Crippen LogP contribution is -2.28. The molecule has 1 aromatic rings. The molecule has 1 rings (SSSR count). The highest BCUT2D eigenvalue weighted by Gasteiger charge is 2.16. The minimum atomic E-state index is -0.842. The summed E-state index contributed by atoms with van der Waals surface area (Å²) in [5, 5.41) is 20.6. The van der Waals surface area contributed by atoms with Gasteiger partial charge in [-0.2, -0.15) is 5.26 Å². The molecular weight excluding hydrogens is 218 g/mol. The van der Waals surface area contributed by atoms with Crippen LogP contribution in [0, 0.1) is 17.2 Å². The van der Waals surface area contributed by atoms with Crippen LogP contribution in [0.15, 0.2) is 18.3 Å². The molecule has 5 heteroatoms. The third kappa shape index (κ3) is 4.11. The molecule has 90 valence electrons. The van der Waals surface area contributed by atoms with Gasteiger partial charge < -0.3 is 10.4 Å². The fourth-order valence-corrected chi connectivity index (χ4v) is 1.44. The number of carboxylic acids is 1. The van der Waals surface area contributed by atoms with E-state index >= 15 is 0 Å². The molecule has 0 aliphatic heterocycles. The first-order valence-electron chi connectivity index (χ1n) is 5.37. The molecule has 5 nitrogen and oxygen atoms in total. The van der Waals surface area contributed by atoms with Crippen LogP contribution in [0.25, 0.3) is 0 Å².